The van der Waals surface area contributed by atoms with Gasteiger partial charge in [-0.15, -0.1) is 0 Å². The summed E-state index contributed by atoms with van der Waals surface area (Å²) in [6, 6.07) is 11.3. The van der Waals surface area contributed by atoms with Gasteiger partial charge < -0.3 is 29.5 Å². The molecule has 0 unspecified atom stereocenters. The van der Waals surface area contributed by atoms with Crippen LogP contribution in [0.1, 0.15) is 0 Å². The first-order valence-corrected chi connectivity index (χ1v) is 9.31. The Bertz CT molecular complexity index is 951. The molecule has 0 aliphatic rings. The molecule has 0 spiro atoms. The minimum atomic E-state index is 0.107. The molecule has 3 aromatic rings. The van der Waals surface area contributed by atoms with Crippen molar-refractivity contribution in [2.24, 2.45) is 0 Å². The topological polar surface area (TPSA) is 89.0 Å². The lowest BCUT2D eigenvalue weighted by Gasteiger charge is -2.19. The van der Waals surface area contributed by atoms with Crippen LogP contribution in [0.5, 0.6) is 17.2 Å². The number of likely N-dealkylation sites (N-methyl/N-ethyl adjacent to an activating group) is 1. The van der Waals surface area contributed by atoms with Crippen molar-refractivity contribution in [2.45, 2.75) is 0 Å². The fourth-order valence-corrected chi connectivity index (χ4v) is 2.83. The molecule has 154 valence electrons. The van der Waals surface area contributed by atoms with Crippen molar-refractivity contribution in [3.63, 3.8) is 0 Å². The third-order valence-corrected chi connectivity index (χ3v) is 4.40. The fraction of sp³-hybridized carbons (Fsp3) is 0.333. The summed E-state index contributed by atoms with van der Waals surface area (Å²) in [5.41, 5.74) is 2.28. The monoisotopic (exact) mass is 398 g/mol. The smallest absolute Gasteiger partial charge is 0.185 e. The van der Waals surface area contributed by atoms with Gasteiger partial charge in [0.25, 0.3) is 0 Å². The molecule has 0 atom stereocenters. The Morgan fingerprint density at radius 2 is 1.86 bits per heavy atom. The lowest BCUT2D eigenvalue weighted by atomic mass is 10.2. The third-order valence-electron chi connectivity index (χ3n) is 4.40. The number of ether oxygens (including phenoxy) is 3. The van der Waals surface area contributed by atoms with E-state index in [1.54, 1.807) is 26.5 Å². The lowest BCUT2D eigenvalue weighted by Crippen LogP contribution is -2.27. The second kappa shape index (κ2) is 9.90. The Morgan fingerprint density at radius 1 is 1.07 bits per heavy atom. The number of benzene rings is 2. The van der Waals surface area contributed by atoms with Gasteiger partial charge in [-0.1, -0.05) is 12.1 Å². The lowest BCUT2D eigenvalue weighted by molar-refractivity contribution is 0.190. The molecule has 1 aromatic heterocycles. The Kier molecular flexibility index (Phi) is 7.04. The van der Waals surface area contributed by atoms with Crippen LogP contribution in [0.15, 0.2) is 42.6 Å². The van der Waals surface area contributed by atoms with Crippen LogP contribution in [0.4, 0.5) is 11.5 Å². The second-order valence-electron chi connectivity index (χ2n) is 6.45. The number of anilines is 2. The molecule has 3 rings (SSSR count). The summed E-state index contributed by atoms with van der Waals surface area (Å²) in [5.74, 6) is 2.31. The van der Waals surface area contributed by atoms with E-state index >= 15 is 0 Å². The minimum absolute atomic E-state index is 0.107. The summed E-state index contributed by atoms with van der Waals surface area (Å²) in [5, 5.41) is 12.3. The highest BCUT2D eigenvalue weighted by Gasteiger charge is 2.15. The normalized spacial score (nSPS) is 10.9. The van der Waals surface area contributed by atoms with Crippen molar-refractivity contribution in [1.82, 2.24) is 14.9 Å². The van der Waals surface area contributed by atoms with E-state index in [2.05, 4.69) is 15.3 Å². The van der Waals surface area contributed by atoms with E-state index in [-0.39, 0.29) is 6.61 Å². The third kappa shape index (κ3) is 5.24. The molecular formula is C21H26N4O4. The Balaban J connectivity index is 1.87. The summed E-state index contributed by atoms with van der Waals surface area (Å²) in [4.78, 5) is 11.0. The van der Waals surface area contributed by atoms with Crippen LogP contribution in [-0.2, 0) is 0 Å². The number of fused-ring (bicyclic) bond motifs is 1. The van der Waals surface area contributed by atoms with Crippen LogP contribution in [0, 0.1) is 0 Å². The number of aliphatic hydroxyl groups is 1. The van der Waals surface area contributed by atoms with Gasteiger partial charge in [0.2, 0.25) is 0 Å². The zero-order valence-electron chi connectivity index (χ0n) is 16.9. The average Bonchev–Trinajstić information content (AvgIpc) is 2.74. The molecule has 29 heavy (non-hydrogen) atoms. The molecule has 0 amide bonds. The summed E-state index contributed by atoms with van der Waals surface area (Å²) in [6.45, 7) is 1.78. The van der Waals surface area contributed by atoms with Gasteiger partial charge in [-0.2, -0.15) is 0 Å². The molecule has 0 saturated heterocycles. The second-order valence-corrected chi connectivity index (χ2v) is 6.45. The first kappa shape index (κ1) is 20.6. The van der Waals surface area contributed by atoms with Gasteiger partial charge in [-0.25, -0.2) is 4.98 Å². The SMILES string of the molecule is COc1cc(Nc2cnc3ccccc3n2)c(OCCN(C)CCO)c(OC)c1. The van der Waals surface area contributed by atoms with Crippen LogP contribution < -0.4 is 19.5 Å². The molecule has 2 N–H and O–H groups in total. The summed E-state index contributed by atoms with van der Waals surface area (Å²) < 4.78 is 16.9. The number of nitrogens with one attached hydrogen (secondary N) is 1. The number of methoxy groups -OCH3 is 2. The zero-order valence-corrected chi connectivity index (χ0v) is 16.9. The fourth-order valence-electron chi connectivity index (χ4n) is 2.83. The van der Waals surface area contributed by atoms with Gasteiger partial charge in [0.1, 0.15) is 18.2 Å². The van der Waals surface area contributed by atoms with Crippen LogP contribution in [0.2, 0.25) is 0 Å². The van der Waals surface area contributed by atoms with Crippen LogP contribution in [0.25, 0.3) is 11.0 Å². The van der Waals surface area contributed by atoms with E-state index in [0.29, 0.717) is 48.5 Å². The predicted molar refractivity (Wildman–Crippen MR) is 112 cm³/mol. The van der Waals surface area contributed by atoms with Crippen molar-refractivity contribution in [3.8, 4) is 17.2 Å². The maximum absolute atomic E-state index is 9.04. The van der Waals surface area contributed by atoms with Gasteiger partial charge in [0, 0.05) is 25.2 Å². The number of hydrogen-bond acceptors (Lipinski definition) is 8. The highest BCUT2D eigenvalue weighted by atomic mass is 16.5. The van der Waals surface area contributed by atoms with Crippen LogP contribution >= 0.6 is 0 Å². The first-order valence-electron chi connectivity index (χ1n) is 9.31. The first-order chi connectivity index (χ1) is 14.1. The van der Waals surface area contributed by atoms with E-state index in [1.807, 2.05) is 42.3 Å². The largest absolute Gasteiger partial charge is 0.497 e. The van der Waals surface area contributed by atoms with Crippen molar-refractivity contribution in [3.05, 3.63) is 42.6 Å². The van der Waals surface area contributed by atoms with Crippen LogP contribution in [0.3, 0.4) is 0 Å². The summed E-state index contributed by atoms with van der Waals surface area (Å²) >= 11 is 0. The minimum Gasteiger partial charge on any atom is -0.497 e. The summed E-state index contributed by atoms with van der Waals surface area (Å²) in [7, 11) is 5.10. The van der Waals surface area contributed by atoms with Gasteiger partial charge >= 0.3 is 0 Å². The number of para-hydroxylation sites is 2. The molecule has 0 radical (unpaired) electrons. The average molecular weight is 398 g/mol. The molecule has 2 aromatic carbocycles. The molecule has 0 fully saturated rings. The Labute approximate surface area is 170 Å². The quantitative estimate of drug-likeness (QED) is 0.539. The Morgan fingerprint density at radius 3 is 2.59 bits per heavy atom. The number of rotatable bonds is 10. The van der Waals surface area contributed by atoms with E-state index in [4.69, 9.17) is 19.3 Å². The van der Waals surface area contributed by atoms with Gasteiger partial charge in [0.15, 0.2) is 11.5 Å². The van der Waals surface area contributed by atoms with E-state index < -0.39 is 0 Å². The number of aliphatic hydroxyl groups excluding tert-OH is 1. The zero-order chi connectivity index (χ0) is 20.6. The van der Waals surface area contributed by atoms with E-state index in [9.17, 15) is 0 Å². The standard InChI is InChI=1S/C21H26N4O4/c1-25(8-10-26)9-11-29-21-18(12-15(27-2)13-19(21)28-3)24-20-14-22-16-6-4-5-7-17(16)23-20/h4-7,12-14,26H,8-11H2,1-3H3,(H,23,24). The molecule has 0 aliphatic carbocycles. The van der Waals surface area contributed by atoms with E-state index in [0.717, 1.165) is 11.0 Å². The molecule has 8 heteroatoms. The van der Waals surface area contributed by atoms with Gasteiger partial charge in [0.05, 0.1) is 43.7 Å². The van der Waals surface area contributed by atoms with Gasteiger partial charge in [-0.3, -0.25) is 4.98 Å². The van der Waals surface area contributed by atoms with Crippen molar-refractivity contribution in [1.29, 1.82) is 0 Å². The molecule has 0 bridgehead atoms. The van der Waals surface area contributed by atoms with Gasteiger partial charge in [-0.05, 0) is 19.2 Å². The predicted octanol–water partition coefficient (Wildman–Crippen LogP) is 2.69. The highest BCUT2D eigenvalue weighted by molar-refractivity contribution is 5.77. The van der Waals surface area contributed by atoms with Crippen LogP contribution in [-0.4, -0.2) is 67.5 Å². The Hall–Kier alpha value is -3.10. The molecule has 0 saturated carbocycles. The van der Waals surface area contributed by atoms with E-state index in [1.165, 1.54) is 0 Å². The molecule has 8 nitrogen and oxygen atoms in total. The van der Waals surface area contributed by atoms with Crippen molar-refractivity contribution < 1.29 is 19.3 Å². The maximum atomic E-state index is 9.04. The molecule has 1 heterocycles. The number of nitrogens with zero attached hydrogens (tertiary/aromatic N) is 3. The maximum Gasteiger partial charge on any atom is 0.185 e. The number of aromatic nitrogens is 2. The molecular weight excluding hydrogens is 372 g/mol. The highest BCUT2D eigenvalue weighted by Crippen LogP contribution is 2.40. The van der Waals surface area contributed by atoms with Crippen molar-refractivity contribution in [2.75, 3.05) is 52.9 Å². The molecule has 0 aliphatic heterocycles. The summed E-state index contributed by atoms with van der Waals surface area (Å²) in [6.07, 6.45) is 1.67. The van der Waals surface area contributed by atoms with Crippen molar-refractivity contribution >= 4 is 22.5 Å². The number of hydrogen-bond donors (Lipinski definition) is 2.